The fourth-order valence-corrected chi connectivity index (χ4v) is 1.21. The van der Waals surface area contributed by atoms with Crippen LogP contribution in [0.15, 0.2) is 18.2 Å². The molecule has 0 spiro atoms. The van der Waals surface area contributed by atoms with Crippen molar-refractivity contribution in [1.82, 2.24) is 0 Å². The van der Waals surface area contributed by atoms with Gasteiger partial charge in [-0.15, -0.1) is 0 Å². The van der Waals surface area contributed by atoms with E-state index in [1.54, 1.807) is 0 Å². The van der Waals surface area contributed by atoms with Crippen LogP contribution in [0.4, 0.5) is 4.39 Å². The highest BCUT2D eigenvalue weighted by atomic mass is 19.1. The van der Waals surface area contributed by atoms with E-state index in [-0.39, 0.29) is 18.1 Å². The Labute approximate surface area is 79.4 Å². The summed E-state index contributed by atoms with van der Waals surface area (Å²) >= 11 is 0. The molecule has 0 aliphatic carbocycles. The number of fused-ring (bicyclic) bond motifs is 1. The zero-order valence-corrected chi connectivity index (χ0v) is 7.20. The number of para-hydroxylation sites is 1. The molecule has 14 heavy (non-hydrogen) atoms. The summed E-state index contributed by atoms with van der Waals surface area (Å²) < 4.78 is 23.2. The molecule has 5 heteroatoms. The van der Waals surface area contributed by atoms with Crippen molar-refractivity contribution in [2.45, 2.75) is 6.10 Å². The Bertz CT molecular complexity index is 380. The van der Waals surface area contributed by atoms with Crippen molar-refractivity contribution < 1.29 is 18.7 Å². The minimum atomic E-state index is -0.843. The van der Waals surface area contributed by atoms with Crippen LogP contribution in [0.25, 0.3) is 0 Å². The van der Waals surface area contributed by atoms with Crippen molar-refractivity contribution in [2.75, 3.05) is 6.61 Å². The van der Waals surface area contributed by atoms with Crippen molar-refractivity contribution in [2.24, 2.45) is 5.73 Å². The first-order chi connectivity index (χ1) is 6.68. The topological polar surface area (TPSA) is 61.6 Å². The number of primary amides is 1. The van der Waals surface area contributed by atoms with E-state index in [9.17, 15) is 9.18 Å². The second kappa shape index (κ2) is 3.17. The molecular weight excluding hydrogens is 189 g/mol. The number of hydrogen-bond acceptors (Lipinski definition) is 3. The van der Waals surface area contributed by atoms with Crippen molar-refractivity contribution in [3.05, 3.63) is 24.0 Å². The summed E-state index contributed by atoms with van der Waals surface area (Å²) in [6.45, 7) is -0.0523. The number of amides is 1. The summed E-state index contributed by atoms with van der Waals surface area (Å²) in [4.78, 5) is 10.8. The number of halogens is 1. The van der Waals surface area contributed by atoms with Gasteiger partial charge in [0.1, 0.15) is 6.61 Å². The maximum absolute atomic E-state index is 13.1. The maximum Gasteiger partial charge on any atom is 0.262 e. The van der Waals surface area contributed by atoms with Gasteiger partial charge in [0.15, 0.2) is 17.3 Å². The van der Waals surface area contributed by atoms with Gasteiger partial charge in [0, 0.05) is 0 Å². The summed E-state index contributed by atoms with van der Waals surface area (Å²) in [7, 11) is 0. The average Bonchev–Trinajstić information content (AvgIpc) is 2.17. The van der Waals surface area contributed by atoms with Gasteiger partial charge in [0.2, 0.25) is 6.10 Å². The molecule has 1 atom stereocenters. The van der Waals surface area contributed by atoms with Gasteiger partial charge in [-0.05, 0) is 12.1 Å². The zero-order valence-electron chi connectivity index (χ0n) is 7.20. The van der Waals surface area contributed by atoms with E-state index in [1.807, 2.05) is 0 Å². The zero-order chi connectivity index (χ0) is 10.1. The first kappa shape index (κ1) is 8.80. The Morgan fingerprint density at radius 1 is 1.57 bits per heavy atom. The van der Waals surface area contributed by atoms with E-state index < -0.39 is 17.8 Å². The van der Waals surface area contributed by atoms with E-state index >= 15 is 0 Å². The average molecular weight is 197 g/mol. The fourth-order valence-electron chi connectivity index (χ4n) is 1.21. The predicted molar refractivity (Wildman–Crippen MR) is 45.5 cm³/mol. The normalized spacial score (nSPS) is 19.1. The standard InChI is InChI=1S/C9H8FNO3/c10-5-2-1-3-6-8(5)13-4-7(14-6)9(11)12/h1-3,7H,4H2,(H2,11,12)/t7-/m0/s1. The highest BCUT2D eigenvalue weighted by Crippen LogP contribution is 2.33. The molecule has 2 N–H and O–H groups in total. The molecule has 1 aromatic carbocycles. The third-order valence-electron chi connectivity index (χ3n) is 1.90. The van der Waals surface area contributed by atoms with Crippen LogP contribution in [-0.2, 0) is 4.79 Å². The summed E-state index contributed by atoms with van der Waals surface area (Å²) in [5.41, 5.74) is 5.02. The second-order valence-electron chi connectivity index (χ2n) is 2.89. The Morgan fingerprint density at radius 3 is 3.07 bits per heavy atom. The van der Waals surface area contributed by atoms with Crippen molar-refractivity contribution >= 4 is 5.91 Å². The molecule has 1 aliphatic heterocycles. The molecule has 1 aromatic rings. The van der Waals surface area contributed by atoms with Gasteiger partial charge in [0.05, 0.1) is 0 Å². The smallest absolute Gasteiger partial charge is 0.262 e. The lowest BCUT2D eigenvalue weighted by Gasteiger charge is -2.24. The van der Waals surface area contributed by atoms with E-state index in [4.69, 9.17) is 15.2 Å². The van der Waals surface area contributed by atoms with E-state index in [1.165, 1.54) is 18.2 Å². The lowest BCUT2D eigenvalue weighted by molar-refractivity contribution is -0.127. The molecular formula is C9H8FNO3. The summed E-state index contributed by atoms with van der Waals surface area (Å²) in [6.07, 6.45) is -0.843. The minimum absolute atomic E-state index is 0.0324. The molecule has 0 radical (unpaired) electrons. The molecule has 74 valence electrons. The van der Waals surface area contributed by atoms with Crippen LogP contribution in [0, 0.1) is 5.82 Å². The number of rotatable bonds is 1. The number of benzene rings is 1. The van der Waals surface area contributed by atoms with Crippen LogP contribution in [0.1, 0.15) is 0 Å². The van der Waals surface area contributed by atoms with Gasteiger partial charge in [0.25, 0.3) is 5.91 Å². The van der Waals surface area contributed by atoms with Crippen LogP contribution in [0.5, 0.6) is 11.5 Å². The molecule has 2 rings (SSSR count). The molecule has 0 saturated heterocycles. The second-order valence-corrected chi connectivity index (χ2v) is 2.89. The van der Waals surface area contributed by atoms with Crippen LogP contribution < -0.4 is 15.2 Å². The number of ether oxygens (including phenoxy) is 2. The van der Waals surface area contributed by atoms with Gasteiger partial charge < -0.3 is 15.2 Å². The molecule has 1 aliphatic rings. The Hall–Kier alpha value is -1.78. The van der Waals surface area contributed by atoms with Gasteiger partial charge in [-0.2, -0.15) is 0 Å². The summed E-state index contributed by atoms with van der Waals surface area (Å²) in [6, 6.07) is 4.25. The van der Waals surface area contributed by atoms with Gasteiger partial charge in [-0.3, -0.25) is 4.79 Å². The van der Waals surface area contributed by atoms with Gasteiger partial charge in [-0.25, -0.2) is 4.39 Å². The Kier molecular flexibility index (Phi) is 1.99. The van der Waals surface area contributed by atoms with Crippen LogP contribution in [0.3, 0.4) is 0 Å². The third kappa shape index (κ3) is 1.37. The lowest BCUT2D eigenvalue weighted by Crippen LogP contribution is -2.41. The van der Waals surface area contributed by atoms with Gasteiger partial charge in [-0.1, -0.05) is 6.07 Å². The van der Waals surface area contributed by atoms with Crippen LogP contribution >= 0.6 is 0 Å². The van der Waals surface area contributed by atoms with Crippen molar-refractivity contribution in [3.63, 3.8) is 0 Å². The number of carbonyl (C=O) groups is 1. The summed E-state index contributed by atoms with van der Waals surface area (Å²) in [5.74, 6) is -0.893. The predicted octanol–water partition coefficient (Wildman–Crippen LogP) is 0.451. The van der Waals surface area contributed by atoms with Crippen molar-refractivity contribution in [1.29, 1.82) is 0 Å². The van der Waals surface area contributed by atoms with Crippen LogP contribution in [-0.4, -0.2) is 18.6 Å². The molecule has 0 saturated carbocycles. The van der Waals surface area contributed by atoms with E-state index in [0.29, 0.717) is 0 Å². The molecule has 0 aromatic heterocycles. The highest BCUT2D eigenvalue weighted by Gasteiger charge is 2.27. The first-order valence-corrected chi connectivity index (χ1v) is 4.06. The molecule has 4 nitrogen and oxygen atoms in total. The minimum Gasteiger partial charge on any atom is -0.482 e. The first-order valence-electron chi connectivity index (χ1n) is 4.06. The molecule has 0 bridgehead atoms. The molecule has 0 fully saturated rings. The van der Waals surface area contributed by atoms with E-state index in [2.05, 4.69) is 0 Å². The van der Waals surface area contributed by atoms with Crippen LogP contribution in [0.2, 0.25) is 0 Å². The third-order valence-corrected chi connectivity index (χ3v) is 1.90. The number of carbonyl (C=O) groups excluding carboxylic acids is 1. The fraction of sp³-hybridized carbons (Fsp3) is 0.222. The number of nitrogens with two attached hydrogens (primary N) is 1. The summed E-state index contributed by atoms with van der Waals surface area (Å²) in [5, 5.41) is 0. The lowest BCUT2D eigenvalue weighted by atomic mass is 10.2. The maximum atomic E-state index is 13.1. The number of hydrogen-bond donors (Lipinski definition) is 1. The van der Waals surface area contributed by atoms with Gasteiger partial charge >= 0.3 is 0 Å². The monoisotopic (exact) mass is 197 g/mol. The Morgan fingerprint density at radius 2 is 2.36 bits per heavy atom. The Balaban J connectivity index is 2.31. The highest BCUT2D eigenvalue weighted by molar-refractivity contribution is 5.79. The quantitative estimate of drug-likeness (QED) is 0.711. The molecule has 1 amide bonds. The molecule has 1 heterocycles. The molecule has 0 unspecified atom stereocenters. The largest absolute Gasteiger partial charge is 0.482 e. The SMILES string of the molecule is NC(=O)[C@@H]1COc2c(F)cccc2O1. The van der Waals surface area contributed by atoms with Crippen molar-refractivity contribution in [3.8, 4) is 11.5 Å². The van der Waals surface area contributed by atoms with E-state index in [0.717, 1.165) is 0 Å².